The van der Waals surface area contributed by atoms with Crippen molar-refractivity contribution in [3.8, 4) is 23.1 Å². The number of halogens is 3. The van der Waals surface area contributed by atoms with Gasteiger partial charge >= 0.3 is 6.18 Å². The van der Waals surface area contributed by atoms with E-state index < -0.39 is 17.8 Å². The van der Waals surface area contributed by atoms with E-state index in [4.69, 9.17) is 4.74 Å². The second-order valence-electron chi connectivity index (χ2n) is 10.1. The van der Waals surface area contributed by atoms with Gasteiger partial charge in [0.2, 0.25) is 5.91 Å². The molecule has 1 N–H and O–H groups in total. The van der Waals surface area contributed by atoms with Crippen LogP contribution < -0.4 is 10.1 Å². The van der Waals surface area contributed by atoms with Crippen molar-refractivity contribution in [1.82, 2.24) is 9.97 Å². The van der Waals surface area contributed by atoms with Gasteiger partial charge in [0.05, 0.1) is 24.1 Å². The van der Waals surface area contributed by atoms with E-state index in [2.05, 4.69) is 42.1 Å². The Balaban J connectivity index is 1.50. The van der Waals surface area contributed by atoms with Crippen LogP contribution in [0.15, 0.2) is 35.5 Å². The Hall–Kier alpha value is -3.10. The van der Waals surface area contributed by atoms with Crippen LogP contribution in [0.2, 0.25) is 0 Å². The molecular formula is C28H29F3N4O2S2. The Bertz CT molecular complexity index is 1400. The molecule has 1 aliphatic rings. The molecule has 6 nitrogen and oxygen atoms in total. The molecule has 0 saturated carbocycles. The number of ether oxygens (including phenoxy) is 1. The summed E-state index contributed by atoms with van der Waals surface area (Å²) >= 11 is 2.23. The topological polar surface area (TPSA) is 87.9 Å². The van der Waals surface area contributed by atoms with Crippen LogP contribution >= 0.6 is 23.1 Å². The van der Waals surface area contributed by atoms with Crippen molar-refractivity contribution in [3.63, 3.8) is 0 Å². The molecule has 2 heterocycles. The summed E-state index contributed by atoms with van der Waals surface area (Å²) in [5.74, 6) is 0.416. The van der Waals surface area contributed by atoms with Crippen LogP contribution in [0, 0.1) is 22.7 Å². The summed E-state index contributed by atoms with van der Waals surface area (Å²) in [5, 5.41) is 12.9. The molecule has 0 unspecified atom stereocenters. The van der Waals surface area contributed by atoms with E-state index in [0.29, 0.717) is 27.8 Å². The van der Waals surface area contributed by atoms with Gasteiger partial charge in [-0.15, -0.1) is 11.3 Å². The third-order valence-electron chi connectivity index (χ3n) is 7.36. The van der Waals surface area contributed by atoms with Crippen molar-refractivity contribution < 1.29 is 22.7 Å². The third-order valence-corrected chi connectivity index (χ3v) is 9.38. The molecule has 4 rings (SSSR count). The molecule has 0 saturated heterocycles. The number of methoxy groups -OCH3 is 1. The molecule has 0 radical (unpaired) electrons. The van der Waals surface area contributed by atoms with E-state index in [1.54, 1.807) is 24.3 Å². The van der Waals surface area contributed by atoms with Gasteiger partial charge in [-0.25, -0.2) is 9.97 Å². The van der Waals surface area contributed by atoms with Gasteiger partial charge in [-0.05, 0) is 66.5 Å². The van der Waals surface area contributed by atoms with Crippen molar-refractivity contribution in [1.29, 1.82) is 5.26 Å². The number of carbonyl (C=O) groups is 1. The van der Waals surface area contributed by atoms with Crippen molar-refractivity contribution in [2.75, 3.05) is 18.2 Å². The van der Waals surface area contributed by atoms with Crippen LogP contribution in [0.25, 0.3) is 11.3 Å². The number of fused-ring (bicyclic) bond motifs is 1. The maximum Gasteiger partial charge on any atom is 0.433 e. The molecule has 3 aromatic rings. The number of rotatable bonds is 8. The van der Waals surface area contributed by atoms with E-state index in [1.807, 2.05) is 0 Å². The molecule has 0 aliphatic heterocycles. The number of alkyl halides is 3. The molecule has 0 fully saturated rings. The first-order valence-electron chi connectivity index (χ1n) is 12.5. The normalized spacial score (nSPS) is 15.4. The maximum atomic E-state index is 13.6. The fourth-order valence-electron chi connectivity index (χ4n) is 4.59. The molecule has 1 amide bonds. The lowest BCUT2D eigenvalue weighted by atomic mass is 9.69. The SMILES string of the molecule is CCC(C)(C)[C@H]1CCc2c(sc(NC(=O)CSc3nc(-c4ccc(OC)cc4)cc(C(F)(F)F)n3)c2C#N)C1. The minimum Gasteiger partial charge on any atom is -0.497 e. The van der Waals surface area contributed by atoms with Crippen molar-refractivity contribution >= 4 is 34.0 Å². The molecule has 1 aromatic carbocycles. The highest BCUT2D eigenvalue weighted by molar-refractivity contribution is 7.99. The number of thiophene rings is 1. The van der Waals surface area contributed by atoms with E-state index in [9.17, 15) is 23.2 Å². The number of anilines is 1. The van der Waals surface area contributed by atoms with Crippen LogP contribution in [-0.4, -0.2) is 28.7 Å². The highest BCUT2D eigenvalue weighted by Gasteiger charge is 2.35. The number of hydrogen-bond acceptors (Lipinski definition) is 7. The van der Waals surface area contributed by atoms with E-state index in [-0.39, 0.29) is 22.0 Å². The molecule has 0 spiro atoms. The Morgan fingerprint density at radius 1 is 1.26 bits per heavy atom. The largest absolute Gasteiger partial charge is 0.497 e. The molecule has 2 aromatic heterocycles. The first-order valence-corrected chi connectivity index (χ1v) is 14.3. The van der Waals surface area contributed by atoms with Crippen molar-refractivity contribution in [2.24, 2.45) is 11.3 Å². The van der Waals surface area contributed by atoms with Gasteiger partial charge in [0.1, 0.15) is 22.5 Å². The zero-order valence-corrected chi connectivity index (χ0v) is 23.7. The highest BCUT2D eigenvalue weighted by atomic mass is 32.2. The number of carbonyl (C=O) groups excluding carboxylic acids is 1. The number of nitrogens with one attached hydrogen (secondary N) is 1. The van der Waals surface area contributed by atoms with E-state index >= 15 is 0 Å². The maximum absolute atomic E-state index is 13.6. The molecule has 39 heavy (non-hydrogen) atoms. The minimum atomic E-state index is -4.68. The van der Waals surface area contributed by atoms with Gasteiger partial charge in [-0.1, -0.05) is 39.0 Å². The third kappa shape index (κ3) is 6.56. The molecule has 1 atom stereocenters. The molecule has 1 aliphatic carbocycles. The Kier molecular flexibility index (Phi) is 8.57. The van der Waals surface area contributed by atoms with Crippen LogP contribution in [0.4, 0.5) is 18.2 Å². The average molecular weight is 575 g/mol. The molecular weight excluding hydrogens is 545 g/mol. The van der Waals surface area contributed by atoms with Gasteiger partial charge in [0.15, 0.2) is 5.16 Å². The van der Waals surface area contributed by atoms with Gasteiger partial charge in [-0.2, -0.15) is 18.4 Å². The van der Waals surface area contributed by atoms with E-state index in [1.165, 1.54) is 18.4 Å². The average Bonchev–Trinajstić information content (AvgIpc) is 3.27. The van der Waals surface area contributed by atoms with Gasteiger partial charge in [-0.3, -0.25) is 4.79 Å². The van der Waals surface area contributed by atoms with E-state index in [0.717, 1.165) is 54.0 Å². The molecule has 11 heteroatoms. The Labute approximate surface area is 234 Å². The lowest BCUT2D eigenvalue weighted by molar-refractivity contribution is -0.141. The second kappa shape index (κ2) is 11.6. The first-order chi connectivity index (χ1) is 18.4. The van der Waals surface area contributed by atoms with Crippen molar-refractivity contribution in [3.05, 3.63) is 52.0 Å². The summed E-state index contributed by atoms with van der Waals surface area (Å²) in [7, 11) is 1.50. The standard InChI is InChI=1S/C28H29F3N4O2S2/c1-5-27(2,3)17-8-11-19-20(14-32)25(39-22(19)12-17)35-24(36)15-38-26-33-21(13-23(34-26)28(29,30)31)16-6-9-18(37-4)10-7-16/h6-7,9-10,13,17H,5,8,11-12,15H2,1-4H3,(H,35,36)/t17-/m0/s1. The fourth-order valence-corrected chi connectivity index (χ4v) is 6.54. The summed E-state index contributed by atoms with van der Waals surface area (Å²) in [5.41, 5.74) is 1.13. The molecule has 0 bridgehead atoms. The highest BCUT2D eigenvalue weighted by Crippen LogP contribution is 2.45. The Morgan fingerprint density at radius 2 is 1.97 bits per heavy atom. The smallest absolute Gasteiger partial charge is 0.433 e. The number of thioether (sulfide) groups is 1. The zero-order valence-electron chi connectivity index (χ0n) is 22.1. The number of aromatic nitrogens is 2. The summed E-state index contributed by atoms with van der Waals surface area (Å²) < 4.78 is 45.8. The van der Waals surface area contributed by atoms with Gasteiger partial charge in [0.25, 0.3) is 0 Å². The summed E-state index contributed by atoms with van der Waals surface area (Å²) in [6.07, 6.45) is -0.969. The number of benzene rings is 1. The van der Waals surface area contributed by atoms with Gasteiger partial charge < -0.3 is 10.1 Å². The Morgan fingerprint density at radius 3 is 2.59 bits per heavy atom. The fraction of sp³-hybridized carbons (Fsp3) is 0.429. The number of hydrogen-bond donors (Lipinski definition) is 1. The second-order valence-corrected chi connectivity index (χ2v) is 12.1. The number of nitrogens with zero attached hydrogens (tertiary/aromatic N) is 3. The van der Waals surface area contributed by atoms with Crippen molar-refractivity contribution in [2.45, 2.75) is 57.8 Å². The van der Waals surface area contributed by atoms with Crippen LogP contribution in [-0.2, 0) is 23.8 Å². The lowest BCUT2D eigenvalue weighted by Crippen LogP contribution is -2.28. The molecule has 206 valence electrons. The monoisotopic (exact) mass is 574 g/mol. The van der Waals surface area contributed by atoms with Crippen LogP contribution in [0.3, 0.4) is 0 Å². The quantitative estimate of drug-likeness (QED) is 0.223. The number of amides is 1. The first kappa shape index (κ1) is 28.9. The summed E-state index contributed by atoms with van der Waals surface area (Å²) in [4.78, 5) is 21.8. The van der Waals surface area contributed by atoms with Crippen LogP contribution in [0.1, 0.15) is 55.3 Å². The predicted molar refractivity (Wildman–Crippen MR) is 147 cm³/mol. The predicted octanol–water partition coefficient (Wildman–Crippen LogP) is 7.38. The number of nitriles is 1. The zero-order chi connectivity index (χ0) is 28.4. The lowest BCUT2D eigenvalue weighted by Gasteiger charge is -2.36. The minimum absolute atomic E-state index is 0.0881. The summed E-state index contributed by atoms with van der Waals surface area (Å²) in [6, 6.07) is 9.60. The van der Waals surface area contributed by atoms with Gasteiger partial charge in [0, 0.05) is 10.4 Å². The van der Waals surface area contributed by atoms with Crippen LogP contribution in [0.5, 0.6) is 5.75 Å². The summed E-state index contributed by atoms with van der Waals surface area (Å²) in [6.45, 7) is 6.70.